The van der Waals surface area contributed by atoms with E-state index in [0.29, 0.717) is 19.3 Å². The summed E-state index contributed by atoms with van der Waals surface area (Å²) in [4.78, 5) is 37.6. The smallest absolute Gasteiger partial charge is 0.306 e. The van der Waals surface area contributed by atoms with Gasteiger partial charge in [-0.25, -0.2) is 0 Å². The van der Waals surface area contributed by atoms with Crippen molar-refractivity contribution in [3.63, 3.8) is 0 Å². The van der Waals surface area contributed by atoms with E-state index in [1.54, 1.807) is 0 Å². The van der Waals surface area contributed by atoms with Crippen molar-refractivity contribution in [1.82, 2.24) is 0 Å². The summed E-state index contributed by atoms with van der Waals surface area (Å²) in [5.74, 6) is -0.922. The summed E-state index contributed by atoms with van der Waals surface area (Å²) < 4.78 is 16.7. The Bertz CT molecular complexity index is 880. The highest BCUT2D eigenvalue weighted by atomic mass is 16.6. The maximum atomic E-state index is 12.7. The van der Waals surface area contributed by atoms with Crippen molar-refractivity contribution in [3.05, 3.63) is 24.3 Å². The summed E-state index contributed by atoms with van der Waals surface area (Å²) in [6.07, 6.45) is 47.4. The van der Waals surface area contributed by atoms with Crippen LogP contribution >= 0.6 is 0 Å². The van der Waals surface area contributed by atoms with E-state index in [1.165, 1.54) is 135 Å². The number of esters is 3. The zero-order valence-corrected chi connectivity index (χ0v) is 36.0. The van der Waals surface area contributed by atoms with Gasteiger partial charge in [0.15, 0.2) is 6.10 Å². The number of unbranched alkanes of at least 4 members (excludes halogenated alkanes) is 27. The van der Waals surface area contributed by atoms with Gasteiger partial charge < -0.3 is 14.2 Å². The Morgan fingerprint density at radius 3 is 1.07 bits per heavy atom. The fraction of sp³-hybridized carbons (Fsp3) is 0.854. The molecular formula is C48H88O6. The Balaban J connectivity index is 4.31. The molecule has 0 saturated heterocycles. The van der Waals surface area contributed by atoms with E-state index in [1.807, 2.05) is 0 Å². The number of allylic oxidation sites excluding steroid dienone is 4. The Kier molecular flexibility index (Phi) is 41.9. The van der Waals surface area contributed by atoms with Crippen LogP contribution in [0.2, 0.25) is 0 Å². The number of rotatable bonds is 42. The van der Waals surface area contributed by atoms with Crippen molar-refractivity contribution in [3.8, 4) is 0 Å². The molecule has 0 amide bonds. The first-order valence-corrected chi connectivity index (χ1v) is 23.3. The van der Waals surface area contributed by atoms with Crippen LogP contribution in [0, 0.1) is 0 Å². The van der Waals surface area contributed by atoms with Gasteiger partial charge in [0.1, 0.15) is 13.2 Å². The Morgan fingerprint density at radius 1 is 0.352 bits per heavy atom. The van der Waals surface area contributed by atoms with E-state index in [0.717, 1.165) is 70.6 Å². The first kappa shape index (κ1) is 51.9. The molecule has 6 heteroatoms. The van der Waals surface area contributed by atoms with Crippen LogP contribution in [0.3, 0.4) is 0 Å². The van der Waals surface area contributed by atoms with Crippen LogP contribution in [-0.2, 0) is 28.6 Å². The van der Waals surface area contributed by atoms with Crippen molar-refractivity contribution in [2.75, 3.05) is 13.2 Å². The molecule has 54 heavy (non-hydrogen) atoms. The SMILES string of the molecule is CCCC/C=C\CCCCCCCC(=O)OC(COC(=O)CCC/C=C\CCCCCC)COC(=O)CCCCCCCCCCCCCCCCCC. The number of hydrogen-bond donors (Lipinski definition) is 0. The van der Waals surface area contributed by atoms with E-state index in [-0.39, 0.29) is 31.1 Å². The van der Waals surface area contributed by atoms with Crippen molar-refractivity contribution in [1.29, 1.82) is 0 Å². The first-order valence-electron chi connectivity index (χ1n) is 23.3. The van der Waals surface area contributed by atoms with Crippen LogP contribution in [0.1, 0.15) is 245 Å². The van der Waals surface area contributed by atoms with Gasteiger partial charge in [-0.2, -0.15) is 0 Å². The molecule has 0 rings (SSSR count). The number of hydrogen-bond acceptors (Lipinski definition) is 6. The van der Waals surface area contributed by atoms with Gasteiger partial charge >= 0.3 is 17.9 Å². The van der Waals surface area contributed by atoms with E-state index in [4.69, 9.17) is 14.2 Å². The van der Waals surface area contributed by atoms with Crippen molar-refractivity contribution >= 4 is 17.9 Å². The van der Waals surface area contributed by atoms with Gasteiger partial charge in [-0.1, -0.05) is 193 Å². The summed E-state index contributed by atoms with van der Waals surface area (Å²) in [5, 5.41) is 0. The minimum absolute atomic E-state index is 0.0801. The monoisotopic (exact) mass is 761 g/mol. The molecule has 0 bridgehead atoms. The molecule has 0 spiro atoms. The maximum Gasteiger partial charge on any atom is 0.306 e. The quantitative estimate of drug-likeness (QED) is 0.0267. The molecule has 0 saturated carbocycles. The van der Waals surface area contributed by atoms with Crippen LogP contribution in [0.4, 0.5) is 0 Å². The molecule has 0 aromatic heterocycles. The molecule has 1 atom stereocenters. The Morgan fingerprint density at radius 2 is 0.648 bits per heavy atom. The molecule has 6 nitrogen and oxygen atoms in total. The van der Waals surface area contributed by atoms with Crippen molar-refractivity contribution in [2.45, 2.75) is 252 Å². The zero-order chi connectivity index (χ0) is 39.4. The lowest BCUT2D eigenvalue weighted by molar-refractivity contribution is -0.167. The molecule has 316 valence electrons. The molecule has 0 radical (unpaired) electrons. The van der Waals surface area contributed by atoms with Crippen LogP contribution < -0.4 is 0 Å². The molecule has 0 aliphatic rings. The van der Waals surface area contributed by atoms with E-state index < -0.39 is 6.10 Å². The second-order valence-corrected chi connectivity index (χ2v) is 15.7. The fourth-order valence-corrected chi connectivity index (χ4v) is 6.60. The van der Waals surface area contributed by atoms with E-state index in [9.17, 15) is 14.4 Å². The van der Waals surface area contributed by atoms with Gasteiger partial charge in [0, 0.05) is 19.3 Å². The number of ether oxygens (including phenoxy) is 3. The van der Waals surface area contributed by atoms with Gasteiger partial charge in [-0.15, -0.1) is 0 Å². The molecule has 0 aromatic rings. The molecule has 1 unspecified atom stereocenters. The van der Waals surface area contributed by atoms with E-state index >= 15 is 0 Å². The lowest BCUT2D eigenvalue weighted by atomic mass is 10.0. The predicted octanol–water partition coefficient (Wildman–Crippen LogP) is 14.8. The average Bonchev–Trinajstić information content (AvgIpc) is 3.17. The summed E-state index contributed by atoms with van der Waals surface area (Å²) in [7, 11) is 0. The van der Waals surface area contributed by atoms with Gasteiger partial charge in [-0.3, -0.25) is 14.4 Å². The van der Waals surface area contributed by atoms with E-state index in [2.05, 4.69) is 45.1 Å². The summed E-state index contributed by atoms with van der Waals surface area (Å²) in [6, 6.07) is 0. The third kappa shape index (κ3) is 41.1. The maximum absolute atomic E-state index is 12.7. The van der Waals surface area contributed by atoms with Crippen LogP contribution in [0.15, 0.2) is 24.3 Å². The molecule has 0 aliphatic carbocycles. The fourth-order valence-electron chi connectivity index (χ4n) is 6.60. The lowest BCUT2D eigenvalue weighted by Gasteiger charge is -2.18. The Labute approximate surface area is 334 Å². The number of carbonyl (C=O) groups is 3. The van der Waals surface area contributed by atoms with Crippen LogP contribution in [-0.4, -0.2) is 37.2 Å². The third-order valence-corrected chi connectivity index (χ3v) is 10.2. The molecule has 0 aliphatic heterocycles. The highest BCUT2D eigenvalue weighted by Gasteiger charge is 2.19. The molecule has 0 N–H and O–H groups in total. The first-order chi connectivity index (χ1) is 26.5. The second kappa shape index (κ2) is 43.6. The lowest BCUT2D eigenvalue weighted by Crippen LogP contribution is -2.30. The summed E-state index contributed by atoms with van der Waals surface area (Å²) >= 11 is 0. The summed E-state index contributed by atoms with van der Waals surface area (Å²) in [6.45, 7) is 6.54. The normalized spacial score (nSPS) is 12.1. The largest absolute Gasteiger partial charge is 0.462 e. The average molecular weight is 761 g/mol. The highest BCUT2D eigenvalue weighted by Crippen LogP contribution is 2.15. The molecular weight excluding hydrogens is 673 g/mol. The topological polar surface area (TPSA) is 78.9 Å². The Hall–Kier alpha value is -2.11. The molecule has 0 heterocycles. The van der Waals surface area contributed by atoms with Crippen LogP contribution in [0.25, 0.3) is 0 Å². The van der Waals surface area contributed by atoms with Gasteiger partial charge in [0.25, 0.3) is 0 Å². The standard InChI is InChI=1S/C48H88O6/c1-4-7-10-13-16-19-21-22-23-24-25-27-29-32-35-38-41-47(50)53-44-45(43-52-46(49)40-37-34-31-28-18-15-12-9-6-3)54-48(51)42-39-36-33-30-26-20-17-14-11-8-5-2/h14,17,28,31,45H,4-13,15-16,18-27,29-30,32-44H2,1-3H3/b17-14-,31-28-. The van der Waals surface area contributed by atoms with Crippen molar-refractivity contribution in [2.24, 2.45) is 0 Å². The minimum Gasteiger partial charge on any atom is -0.462 e. The van der Waals surface area contributed by atoms with Gasteiger partial charge in [-0.05, 0) is 57.8 Å². The van der Waals surface area contributed by atoms with Gasteiger partial charge in [0.2, 0.25) is 0 Å². The van der Waals surface area contributed by atoms with Gasteiger partial charge in [0.05, 0.1) is 0 Å². The van der Waals surface area contributed by atoms with Crippen LogP contribution in [0.5, 0.6) is 0 Å². The zero-order valence-electron chi connectivity index (χ0n) is 36.0. The summed E-state index contributed by atoms with van der Waals surface area (Å²) in [5.41, 5.74) is 0. The molecule has 0 fully saturated rings. The third-order valence-electron chi connectivity index (χ3n) is 10.2. The number of carbonyl (C=O) groups excluding carboxylic acids is 3. The minimum atomic E-state index is -0.779. The predicted molar refractivity (Wildman–Crippen MR) is 229 cm³/mol. The second-order valence-electron chi connectivity index (χ2n) is 15.7. The molecule has 0 aromatic carbocycles. The highest BCUT2D eigenvalue weighted by molar-refractivity contribution is 5.71. The van der Waals surface area contributed by atoms with Crippen molar-refractivity contribution < 1.29 is 28.6 Å².